The van der Waals surface area contributed by atoms with E-state index in [1.165, 1.54) is 12.4 Å². The van der Waals surface area contributed by atoms with Crippen LogP contribution in [0.15, 0.2) is 18.5 Å². The van der Waals surface area contributed by atoms with Gasteiger partial charge in [-0.05, 0) is 18.9 Å². The molecule has 0 bridgehead atoms. The number of nitro groups is 1. The average molecular weight is 225 g/mol. The topological polar surface area (TPSA) is 77.3 Å². The number of ether oxygens (including phenoxy) is 1. The smallest absolute Gasteiger partial charge is 0.310 e. The largest absolute Gasteiger partial charge is 0.385 e. The maximum absolute atomic E-state index is 10.7. The van der Waals surface area contributed by atoms with E-state index >= 15 is 0 Å². The molecule has 1 aromatic rings. The highest BCUT2D eigenvalue weighted by atomic mass is 16.6. The molecule has 0 aliphatic carbocycles. The Hall–Kier alpha value is -1.69. The highest BCUT2D eigenvalue weighted by molar-refractivity contribution is 5.59. The minimum Gasteiger partial charge on any atom is -0.385 e. The highest BCUT2D eigenvalue weighted by Crippen LogP contribution is 2.21. The predicted molar refractivity (Wildman–Crippen MR) is 60.5 cm³/mol. The van der Waals surface area contributed by atoms with Crippen LogP contribution in [0, 0.1) is 10.1 Å². The number of hydrogen-bond donors (Lipinski definition) is 1. The molecule has 0 radical (unpaired) electrons. The minimum atomic E-state index is -0.440. The first-order valence-electron chi connectivity index (χ1n) is 5.07. The van der Waals surface area contributed by atoms with E-state index in [-0.39, 0.29) is 5.69 Å². The van der Waals surface area contributed by atoms with Crippen molar-refractivity contribution in [1.82, 2.24) is 4.98 Å². The number of nitrogens with zero attached hydrogens (tertiary/aromatic N) is 2. The van der Waals surface area contributed by atoms with Crippen molar-refractivity contribution in [3.05, 3.63) is 28.6 Å². The molecular formula is C10H15N3O3. The molecular weight excluding hydrogens is 210 g/mol. The zero-order chi connectivity index (χ0) is 11.8. The summed E-state index contributed by atoms with van der Waals surface area (Å²) < 4.78 is 4.91. The summed E-state index contributed by atoms with van der Waals surface area (Å²) in [7, 11) is 1.65. The first kappa shape index (κ1) is 12.4. The number of methoxy groups -OCH3 is 1. The highest BCUT2D eigenvalue weighted by Gasteiger charge is 2.11. The molecule has 6 heteroatoms. The molecule has 1 aromatic heterocycles. The number of rotatable bonds is 7. The van der Waals surface area contributed by atoms with Gasteiger partial charge in [0.15, 0.2) is 0 Å². The molecule has 0 aromatic carbocycles. The molecule has 0 saturated heterocycles. The first-order chi connectivity index (χ1) is 7.75. The van der Waals surface area contributed by atoms with Gasteiger partial charge in [-0.2, -0.15) is 0 Å². The van der Waals surface area contributed by atoms with Crippen LogP contribution in [-0.4, -0.2) is 30.2 Å². The Balaban J connectivity index is 2.44. The normalized spacial score (nSPS) is 10.1. The number of anilines is 1. The summed E-state index contributed by atoms with van der Waals surface area (Å²) in [6.45, 7) is 1.40. The Morgan fingerprint density at radius 2 is 2.38 bits per heavy atom. The number of nitrogens with one attached hydrogen (secondary N) is 1. The lowest BCUT2D eigenvalue weighted by atomic mass is 10.3. The summed E-state index contributed by atoms with van der Waals surface area (Å²) in [5.74, 6) is 0. The molecule has 1 N–H and O–H groups in total. The predicted octanol–water partition coefficient (Wildman–Crippen LogP) is 1.83. The maximum atomic E-state index is 10.7. The first-order valence-corrected chi connectivity index (χ1v) is 5.07. The van der Waals surface area contributed by atoms with E-state index in [2.05, 4.69) is 10.3 Å². The lowest BCUT2D eigenvalue weighted by Crippen LogP contribution is -2.05. The Bertz CT molecular complexity index is 344. The number of unbranched alkanes of at least 4 members (excludes halogenated alkanes) is 1. The van der Waals surface area contributed by atoms with Gasteiger partial charge in [-0.1, -0.05) is 0 Å². The van der Waals surface area contributed by atoms with Gasteiger partial charge in [0, 0.05) is 26.5 Å². The van der Waals surface area contributed by atoms with Crippen molar-refractivity contribution in [3.63, 3.8) is 0 Å². The minimum absolute atomic E-state index is 0.00856. The molecule has 0 amide bonds. The van der Waals surface area contributed by atoms with Gasteiger partial charge >= 0.3 is 5.69 Å². The fourth-order valence-corrected chi connectivity index (χ4v) is 1.28. The van der Waals surface area contributed by atoms with Gasteiger partial charge < -0.3 is 10.1 Å². The van der Waals surface area contributed by atoms with Gasteiger partial charge in [-0.3, -0.25) is 15.1 Å². The van der Waals surface area contributed by atoms with Gasteiger partial charge in [-0.25, -0.2) is 0 Å². The van der Waals surface area contributed by atoms with Crippen molar-refractivity contribution >= 4 is 11.4 Å². The third-order valence-corrected chi connectivity index (χ3v) is 2.09. The quantitative estimate of drug-likeness (QED) is 0.435. The van der Waals surface area contributed by atoms with Gasteiger partial charge in [0.05, 0.1) is 4.92 Å². The van der Waals surface area contributed by atoms with Crippen molar-refractivity contribution in [2.45, 2.75) is 12.8 Å². The molecule has 0 fully saturated rings. The van der Waals surface area contributed by atoms with Crippen LogP contribution >= 0.6 is 0 Å². The monoisotopic (exact) mass is 225 g/mol. The summed E-state index contributed by atoms with van der Waals surface area (Å²) >= 11 is 0. The van der Waals surface area contributed by atoms with Crippen molar-refractivity contribution < 1.29 is 9.66 Å². The van der Waals surface area contributed by atoms with Crippen LogP contribution in [0.5, 0.6) is 0 Å². The second-order valence-electron chi connectivity index (χ2n) is 3.28. The molecule has 0 aliphatic rings. The summed E-state index contributed by atoms with van der Waals surface area (Å²) in [6, 6.07) is 1.61. The Labute approximate surface area is 93.8 Å². The second kappa shape index (κ2) is 6.73. The molecule has 1 heterocycles. The Morgan fingerprint density at radius 3 is 3.06 bits per heavy atom. The van der Waals surface area contributed by atoms with Gasteiger partial charge in [-0.15, -0.1) is 0 Å². The molecule has 6 nitrogen and oxygen atoms in total. The van der Waals surface area contributed by atoms with Crippen molar-refractivity contribution in [2.75, 3.05) is 25.6 Å². The van der Waals surface area contributed by atoms with Crippen LogP contribution < -0.4 is 5.32 Å². The van der Waals surface area contributed by atoms with E-state index in [0.29, 0.717) is 18.8 Å². The van der Waals surface area contributed by atoms with Gasteiger partial charge in [0.2, 0.25) is 0 Å². The summed E-state index contributed by atoms with van der Waals surface area (Å²) in [6.07, 6.45) is 4.62. The van der Waals surface area contributed by atoms with E-state index < -0.39 is 4.92 Å². The van der Waals surface area contributed by atoms with Crippen LogP contribution in [0.1, 0.15) is 12.8 Å². The van der Waals surface area contributed by atoms with Crippen molar-refractivity contribution in [3.8, 4) is 0 Å². The summed E-state index contributed by atoms with van der Waals surface area (Å²) in [5, 5.41) is 13.7. The Morgan fingerprint density at radius 1 is 1.56 bits per heavy atom. The molecule has 88 valence electrons. The van der Waals surface area contributed by atoms with Crippen LogP contribution in [0.25, 0.3) is 0 Å². The van der Waals surface area contributed by atoms with Crippen LogP contribution in [0.2, 0.25) is 0 Å². The van der Waals surface area contributed by atoms with Crippen LogP contribution in [0.4, 0.5) is 11.4 Å². The van der Waals surface area contributed by atoms with Crippen LogP contribution in [0.3, 0.4) is 0 Å². The molecule has 0 aliphatic heterocycles. The number of pyridine rings is 1. The van der Waals surface area contributed by atoms with Crippen LogP contribution in [-0.2, 0) is 4.74 Å². The molecule has 16 heavy (non-hydrogen) atoms. The fraction of sp³-hybridized carbons (Fsp3) is 0.500. The SMILES string of the molecule is COCCCCNc1ccncc1[N+](=O)[O-]. The van der Waals surface area contributed by atoms with E-state index in [9.17, 15) is 10.1 Å². The molecule has 1 rings (SSSR count). The summed E-state index contributed by atoms with van der Waals surface area (Å²) in [5.41, 5.74) is 0.520. The standard InChI is InChI=1S/C10H15N3O3/c1-16-7-3-2-5-12-9-4-6-11-8-10(9)13(14)15/h4,6,8H,2-3,5,7H2,1H3,(H,11,12). The molecule has 0 unspecified atom stereocenters. The third-order valence-electron chi connectivity index (χ3n) is 2.09. The fourth-order valence-electron chi connectivity index (χ4n) is 1.28. The Kier molecular flexibility index (Phi) is 5.21. The van der Waals surface area contributed by atoms with E-state index in [4.69, 9.17) is 4.74 Å². The summed E-state index contributed by atoms with van der Waals surface area (Å²) in [4.78, 5) is 13.9. The lowest BCUT2D eigenvalue weighted by Gasteiger charge is -2.05. The van der Waals surface area contributed by atoms with Gasteiger partial charge in [0.1, 0.15) is 11.9 Å². The lowest BCUT2D eigenvalue weighted by molar-refractivity contribution is -0.384. The van der Waals surface area contributed by atoms with E-state index in [1.807, 2.05) is 0 Å². The molecule has 0 spiro atoms. The van der Waals surface area contributed by atoms with E-state index in [1.54, 1.807) is 13.2 Å². The maximum Gasteiger partial charge on any atom is 0.310 e. The average Bonchev–Trinajstić information content (AvgIpc) is 2.29. The van der Waals surface area contributed by atoms with Gasteiger partial charge in [0.25, 0.3) is 0 Å². The zero-order valence-corrected chi connectivity index (χ0v) is 9.18. The number of aromatic nitrogens is 1. The van der Waals surface area contributed by atoms with Crippen molar-refractivity contribution in [1.29, 1.82) is 0 Å². The second-order valence-corrected chi connectivity index (χ2v) is 3.28. The van der Waals surface area contributed by atoms with Crippen molar-refractivity contribution in [2.24, 2.45) is 0 Å². The van der Waals surface area contributed by atoms with E-state index in [0.717, 1.165) is 12.8 Å². The third kappa shape index (κ3) is 3.82. The molecule has 0 saturated carbocycles. The molecule has 0 atom stereocenters. The zero-order valence-electron chi connectivity index (χ0n) is 9.18. The number of hydrogen-bond acceptors (Lipinski definition) is 5.